The third-order valence-electron chi connectivity index (χ3n) is 2.62. The number of nitrogens with two attached hydrogens (primary N) is 1. The smallest absolute Gasteiger partial charge is 0.305 e. The van der Waals surface area contributed by atoms with Crippen molar-refractivity contribution < 1.29 is 19.3 Å². The van der Waals surface area contributed by atoms with Crippen molar-refractivity contribution in [1.29, 1.82) is 0 Å². The van der Waals surface area contributed by atoms with Gasteiger partial charge in [0.1, 0.15) is 0 Å². The molecule has 1 aliphatic heterocycles. The first-order chi connectivity index (χ1) is 8.59. The quantitative estimate of drug-likeness (QED) is 0.767. The molecule has 1 aromatic heterocycles. The number of carbonyl (C=O) groups is 2. The zero-order chi connectivity index (χ0) is 13.1. The van der Waals surface area contributed by atoms with Gasteiger partial charge in [0.05, 0.1) is 12.5 Å². The fourth-order valence-corrected chi connectivity index (χ4v) is 2.84. The van der Waals surface area contributed by atoms with Crippen molar-refractivity contribution in [3.63, 3.8) is 0 Å². The Hall–Kier alpha value is -1.77. The summed E-state index contributed by atoms with van der Waals surface area (Å²) in [5, 5.41) is 15.6. The normalized spacial score (nSPS) is 19.8. The number of carboxylic acids is 1. The summed E-state index contributed by atoms with van der Waals surface area (Å²) in [5.74, 6) is -0.102. The number of nitrogen functional groups attached to an aromatic ring is 1. The molecule has 2 heterocycles. The number of hydrogen-bond acceptors (Lipinski definition) is 7. The van der Waals surface area contributed by atoms with Gasteiger partial charge in [0.15, 0.2) is 0 Å². The maximum atomic E-state index is 12.2. The standard InChI is InChI=1S/C9H12N4O4S/c10-8-7(11-17-12-8)9(16)13-1-2-18-4-5(13)3-6(14)15/h5H,1-4H2,(H2,10,12)(H,14,15). The lowest BCUT2D eigenvalue weighted by Crippen LogP contribution is -2.47. The summed E-state index contributed by atoms with van der Waals surface area (Å²) < 4.78 is 4.38. The molecule has 3 N–H and O–H groups in total. The summed E-state index contributed by atoms with van der Waals surface area (Å²) in [6.07, 6.45) is -0.0933. The van der Waals surface area contributed by atoms with E-state index in [4.69, 9.17) is 10.8 Å². The van der Waals surface area contributed by atoms with Gasteiger partial charge in [-0.25, -0.2) is 4.63 Å². The second-order valence-corrected chi connectivity index (χ2v) is 4.97. The molecule has 1 aliphatic rings. The van der Waals surface area contributed by atoms with Crippen LogP contribution in [0.3, 0.4) is 0 Å². The molecule has 0 radical (unpaired) electrons. The van der Waals surface area contributed by atoms with E-state index < -0.39 is 11.9 Å². The summed E-state index contributed by atoms with van der Waals surface area (Å²) in [5.41, 5.74) is 5.40. The van der Waals surface area contributed by atoms with Gasteiger partial charge >= 0.3 is 5.97 Å². The predicted octanol–water partition coefficient (Wildman–Crippen LogP) is -0.316. The van der Waals surface area contributed by atoms with E-state index in [0.29, 0.717) is 12.3 Å². The van der Waals surface area contributed by atoms with Crippen LogP contribution in [0.4, 0.5) is 5.82 Å². The first-order valence-corrected chi connectivity index (χ1v) is 6.43. The monoisotopic (exact) mass is 272 g/mol. The zero-order valence-electron chi connectivity index (χ0n) is 9.40. The van der Waals surface area contributed by atoms with Crippen LogP contribution < -0.4 is 5.73 Å². The molecule has 1 amide bonds. The van der Waals surface area contributed by atoms with E-state index in [1.54, 1.807) is 11.8 Å². The molecule has 1 aromatic rings. The van der Waals surface area contributed by atoms with Gasteiger partial charge in [-0.05, 0) is 10.3 Å². The highest BCUT2D eigenvalue weighted by Gasteiger charge is 2.32. The highest BCUT2D eigenvalue weighted by molar-refractivity contribution is 7.99. The Labute approximate surface area is 106 Å². The SMILES string of the molecule is Nc1nonc1C(=O)N1CCSCC1CC(=O)O. The van der Waals surface area contributed by atoms with Crippen molar-refractivity contribution in [1.82, 2.24) is 15.2 Å². The van der Waals surface area contributed by atoms with Gasteiger partial charge in [-0.2, -0.15) is 11.8 Å². The number of nitrogens with zero attached hydrogens (tertiary/aromatic N) is 3. The van der Waals surface area contributed by atoms with Crippen molar-refractivity contribution in [2.45, 2.75) is 12.5 Å². The van der Waals surface area contributed by atoms with Gasteiger partial charge in [0.2, 0.25) is 11.5 Å². The van der Waals surface area contributed by atoms with Gasteiger partial charge in [-0.3, -0.25) is 9.59 Å². The molecule has 0 aromatic carbocycles. The van der Waals surface area contributed by atoms with Crippen LogP contribution in [0.1, 0.15) is 16.9 Å². The van der Waals surface area contributed by atoms with E-state index in [0.717, 1.165) is 5.75 Å². The predicted molar refractivity (Wildman–Crippen MR) is 63.1 cm³/mol. The summed E-state index contributed by atoms with van der Waals surface area (Å²) >= 11 is 1.62. The van der Waals surface area contributed by atoms with Crippen LogP contribution in [0.15, 0.2) is 4.63 Å². The van der Waals surface area contributed by atoms with Crippen LogP contribution in [0.5, 0.6) is 0 Å². The number of hydrogen-bond donors (Lipinski definition) is 2. The van der Waals surface area contributed by atoms with Crippen LogP contribution in [0, 0.1) is 0 Å². The third-order valence-corrected chi connectivity index (χ3v) is 3.71. The minimum atomic E-state index is -0.938. The number of aromatic nitrogens is 2. The zero-order valence-corrected chi connectivity index (χ0v) is 10.2. The summed E-state index contributed by atoms with van der Waals surface area (Å²) in [6.45, 7) is 0.466. The molecule has 1 saturated heterocycles. The first-order valence-electron chi connectivity index (χ1n) is 5.28. The van der Waals surface area contributed by atoms with E-state index in [-0.39, 0.29) is 24.0 Å². The van der Waals surface area contributed by atoms with Crippen LogP contribution in [0.2, 0.25) is 0 Å². The summed E-state index contributed by atoms with van der Waals surface area (Å²) in [4.78, 5) is 24.4. The second-order valence-electron chi connectivity index (χ2n) is 3.82. The maximum Gasteiger partial charge on any atom is 0.305 e. The fourth-order valence-electron chi connectivity index (χ4n) is 1.77. The number of amides is 1. The van der Waals surface area contributed by atoms with Crippen molar-refractivity contribution in [2.24, 2.45) is 0 Å². The molecule has 1 unspecified atom stereocenters. The molecule has 0 spiro atoms. The first kappa shape index (κ1) is 12.7. The van der Waals surface area contributed by atoms with E-state index in [2.05, 4.69) is 14.9 Å². The summed E-state index contributed by atoms with van der Waals surface area (Å²) in [6, 6.07) is -0.357. The molecule has 0 bridgehead atoms. The molecule has 1 atom stereocenters. The molecule has 1 fully saturated rings. The number of aliphatic carboxylic acids is 1. The molecule has 18 heavy (non-hydrogen) atoms. The van der Waals surface area contributed by atoms with Crippen molar-refractivity contribution in [3.05, 3.63) is 5.69 Å². The van der Waals surface area contributed by atoms with Crippen molar-refractivity contribution >= 4 is 29.5 Å². The third kappa shape index (κ3) is 2.55. The Morgan fingerprint density at radius 1 is 1.56 bits per heavy atom. The van der Waals surface area contributed by atoms with Crippen LogP contribution in [-0.2, 0) is 4.79 Å². The molecule has 98 valence electrons. The van der Waals surface area contributed by atoms with Gasteiger partial charge < -0.3 is 15.7 Å². The number of carbonyl (C=O) groups excluding carboxylic acids is 1. The molecule has 0 aliphatic carbocycles. The Bertz CT molecular complexity index is 463. The Morgan fingerprint density at radius 2 is 2.33 bits per heavy atom. The largest absolute Gasteiger partial charge is 0.481 e. The van der Waals surface area contributed by atoms with E-state index in [9.17, 15) is 9.59 Å². The maximum absolute atomic E-state index is 12.2. The molecule has 0 saturated carbocycles. The average Bonchev–Trinajstić information content (AvgIpc) is 2.74. The lowest BCUT2D eigenvalue weighted by atomic mass is 10.2. The van der Waals surface area contributed by atoms with E-state index in [1.807, 2.05) is 0 Å². The van der Waals surface area contributed by atoms with Gasteiger partial charge in [-0.15, -0.1) is 0 Å². The molecule has 9 heteroatoms. The number of thioether (sulfide) groups is 1. The minimum absolute atomic E-state index is 0.0581. The Morgan fingerprint density at radius 3 is 2.94 bits per heavy atom. The van der Waals surface area contributed by atoms with Gasteiger partial charge in [-0.1, -0.05) is 0 Å². The Kier molecular flexibility index (Phi) is 3.70. The lowest BCUT2D eigenvalue weighted by molar-refractivity contribution is -0.138. The van der Waals surface area contributed by atoms with Gasteiger partial charge in [0, 0.05) is 18.1 Å². The van der Waals surface area contributed by atoms with Crippen LogP contribution in [-0.4, -0.2) is 56.3 Å². The Balaban J connectivity index is 2.16. The van der Waals surface area contributed by atoms with Crippen LogP contribution in [0.25, 0.3) is 0 Å². The van der Waals surface area contributed by atoms with Crippen molar-refractivity contribution in [2.75, 3.05) is 23.8 Å². The van der Waals surface area contributed by atoms with Crippen LogP contribution >= 0.6 is 11.8 Å². The lowest BCUT2D eigenvalue weighted by Gasteiger charge is -2.33. The fraction of sp³-hybridized carbons (Fsp3) is 0.556. The molecular formula is C9H12N4O4S. The van der Waals surface area contributed by atoms with Gasteiger partial charge in [0.25, 0.3) is 5.91 Å². The van der Waals surface area contributed by atoms with E-state index in [1.165, 1.54) is 4.90 Å². The second kappa shape index (κ2) is 5.25. The highest BCUT2D eigenvalue weighted by atomic mass is 32.2. The highest BCUT2D eigenvalue weighted by Crippen LogP contribution is 2.22. The topological polar surface area (TPSA) is 123 Å². The number of anilines is 1. The average molecular weight is 272 g/mol. The molecule has 8 nitrogen and oxygen atoms in total. The summed E-state index contributed by atoms with van der Waals surface area (Å²) in [7, 11) is 0. The van der Waals surface area contributed by atoms with E-state index >= 15 is 0 Å². The number of carboxylic acid groups (broad SMARTS) is 1. The molecular weight excluding hydrogens is 260 g/mol. The van der Waals surface area contributed by atoms with Crippen molar-refractivity contribution in [3.8, 4) is 0 Å². The number of rotatable bonds is 3. The molecule has 2 rings (SSSR count). The minimum Gasteiger partial charge on any atom is -0.481 e.